The lowest BCUT2D eigenvalue weighted by Crippen LogP contribution is -2.47. The number of nitrogens with zero attached hydrogens (tertiary/aromatic N) is 4. The summed E-state index contributed by atoms with van der Waals surface area (Å²) in [6, 6.07) is 18.7. The van der Waals surface area contributed by atoms with E-state index in [1.54, 1.807) is 66.6 Å². The lowest BCUT2D eigenvalue weighted by Gasteiger charge is -2.39. The second-order valence-electron chi connectivity index (χ2n) is 16.0. The van der Waals surface area contributed by atoms with E-state index in [4.69, 9.17) is 25.2 Å². The molecule has 16 heteroatoms. The zero-order valence-electron chi connectivity index (χ0n) is 38.6. The summed E-state index contributed by atoms with van der Waals surface area (Å²) in [7, 11) is -4.63. The van der Waals surface area contributed by atoms with Gasteiger partial charge in [0.05, 0.1) is 21.6 Å². The molecule has 5 aromatic rings. The fraction of sp³-hybridized carbons (Fsp3) is 0.378. The molecule has 1 aliphatic carbocycles. The number of pyridine rings is 1. The Morgan fingerprint density at radius 3 is 2.64 bits per heavy atom. The number of anilines is 2. The Kier molecular flexibility index (Phi) is 10.6. The van der Waals surface area contributed by atoms with E-state index in [0.29, 0.717) is 79.9 Å². The highest BCUT2D eigenvalue weighted by Gasteiger charge is 2.31. The van der Waals surface area contributed by atoms with Crippen LogP contribution in [0.2, 0.25) is 5.02 Å². The van der Waals surface area contributed by atoms with Crippen molar-refractivity contribution in [1.29, 1.82) is 0 Å². The Bertz CT molecular complexity index is 2780. The fourth-order valence-electron chi connectivity index (χ4n) is 7.96. The molecule has 3 aliphatic rings. The highest BCUT2D eigenvalue weighted by atomic mass is 35.5. The molecule has 2 aromatic heterocycles. The number of rotatable bonds is 13. The number of benzene rings is 3. The number of aromatic amines is 1. The van der Waals surface area contributed by atoms with Crippen molar-refractivity contribution in [2.45, 2.75) is 50.8 Å². The molecule has 1 amide bonds. The van der Waals surface area contributed by atoms with Gasteiger partial charge in [-0.25, -0.2) is 18.1 Å². The quantitative estimate of drug-likeness (QED) is 0.0764. The largest absolute Gasteiger partial charge is 0.455 e. The molecule has 8 rings (SSSR count). The number of ether oxygens (including phenoxy) is 2. The van der Waals surface area contributed by atoms with Crippen LogP contribution in [0.3, 0.4) is 0 Å². The number of hydrogen-bond acceptors (Lipinski definition) is 11. The second-order valence-corrected chi connectivity index (χ2v) is 18.1. The van der Waals surface area contributed by atoms with Gasteiger partial charge in [-0.05, 0) is 103 Å². The monoisotopic (exact) mass is 872 g/mol. The maximum absolute atomic E-state index is 14.0. The van der Waals surface area contributed by atoms with Crippen LogP contribution in [0.4, 0.5) is 17.1 Å². The molecule has 1 atom stereocenters. The topological polar surface area (TPSA) is 172 Å². The number of carbonyl (C=O) groups is 1. The Hall–Kier alpha value is -5.48. The van der Waals surface area contributed by atoms with Crippen LogP contribution < -0.4 is 19.7 Å². The van der Waals surface area contributed by atoms with E-state index in [0.717, 1.165) is 29.9 Å². The van der Waals surface area contributed by atoms with Crippen molar-refractivity contribution in [3.05, 3.63) is 117 Å². The third kappa shape index (κ3) is 10.0. The van der Waals surface area contributed by atoms with Crippen molar-refractivity contribution in [3.8, 4) is 11.5 Å². The average Bonchev–Trinajstić information content (AvgIpc) is 3.76. The van der Waals surface area contributed by atoms with E-state index in [2.05, 4.69) is 20.0 Å². The number of piperazine rings is 1. The van der Waals surface area contributed by atoms with E-state index in [-0.39, 0.29) is 41.5 Å². The Balaban J connectivity index is 1.03. The van der Waals surface area contributed by atoms with E-state index < -0.39 is 50.2 Å². The molecule has 0 saturated carbocycles. The van der Waals surface area contributed by atoms with Gasteiger partial charge < -0.3 is 24.7 Å². The van der Waals surface area contributed by atoms with Crippen molar-refractivity contribution >= 4 is 61.2 Å². The van der Waals surface area contributed by atoms with Crippen LogP contribution >= 0.6 is 11.6 Å². The maximum atomic E-state index is 14.0. The first kappa shape index (κ1) is 36.2. The maximum Gasteiger partial charge on any atom is 0.293 e. The molecule has 320 valence electrons. The number of sulfonamides is 1. The summed E-state index contributed by atoms with van der Waals surface area (Å²) in [5.41, 5.74) is 1.68. The van der Waals surface area contributed by atoms with Gasteiger partial charge in [-0.3, -0.25) is 19.8 Å². The first-order chi connectivity index (χ1) is 31.3. The molecule has 4 heterocycles. The number of allylic oxidation sites excluding steroid dienone is 1. The van der Waals surface area contributed by atoms with E-state index in [1.165, 1.54) is 24.4 Å². The van der Waals surface area contributed by atoms with Crippen LogP contribution in [0.25, 0.3) is 16.6 Å². The number of nitro groups is 1. The van der Waals surface area contributed by atoms with E-state index in [1.807, 2.05) is 4.90 Å². The average molecular weight is 873 g/mol. The molecule has 0 spiro atoms. The van der Waals surface area contributed by atoms with Crippen LogP contribution in [0.5, 0.6) is 11.5 Å². The smallest absolute Gasteiger partial charge is 0.293 e. The van der Waals surface area contributed by atoms with Crippen molar-refractivity contribution in [2.75, 3.05) is 62.7 Å². The number of halogens is 1. The third-order valence-corrected chi connectivity index (χ3v) is 13.0. The molecule has 0 bridgehead atoms. The Morgan fingerprint density at radius 2 is 1.89 bits per heavy atom. The van der Waals surface area contributed by atoms with Gasteiger partial charge in [-0.1, -0.05) is 43.1 Å². The number of fused-ring (bicyclic) bond motifs is 1. The molecule has 3 N–H and O–H groups in total. The highest BCUT2D eigenvalue weighted by Crippen LogP contribution is 2.43. The van der Waals surface area contributed by atoms with Crippen LogP contribution in [-0.2, 0) is 14.8 Å². The van der Waals surface area contributed by atoms with Gasteiger partial charge in [0, 0.05) is 93.7 Å². The molecule has 0 radical (unpaired) electrons. The lowest BCUT2D eigenvalue weighted by molar-refractivity contribution is -0.384. The molecule has 1 unspecified atom stereocenters. The number of nitro benzene ring substituents is 1. The molecule has 2 fully saturated rings. The lowest BCUT2D eigenvalue weighted by atomic mass is 9.72. The van der Waals surface area contributed by atoms with Crippen LogP contribution in [0.1, 0.15) is 68.7 Å². The fourth-order valence-corrected chi connectivity index (χ4v) is 9.07. The number of aromatic nitrogens is 2. The van der Waals surface area contributed by atoms with Crippen molar-refractivity contribution in [2.24, 2.45) is 11.3 Å². The van der Waals surface area contributed by atoms with Crippen LogP contribution in [0, 0.1) is 21.4 Å². The summed E-state index contributed by atoms with van der Waals surface area (Å²) in [5, 5.41) is 16.4. The van der Waals surface area contributed by atoms with Crippen molar-refractivity contribution < 1.29 is 34.5 Å². The Labute approximate surface area is 367 Å². The van der Waals surface area contributed by atoms with E-state index >= 15 is 0 Å². The minimum atomic E-state index is -4.63. The third-order valence-electron chi connectivity index (χ3n) is 11.4. The number of H-pyrrole nitrogens is 1. The molecular formula is C45H50ClN7O7S. The minimum absolute atomic E-state index is 0.00515. The first-order valence-electron chi connectivity index (χ1n) is 22.7. The molecule has 3 aromatic carbocycles. The Morgan fingerprint density at radius 1 is 1.10 bits per heavy atom. The standard InChI is InChI=1S/C45H50ClN7O7S/c1-45(2)15-11-33(39(26-45)31-3-5-34(46)6-4-31)29-51-17-19-52(20-18-51)35-7-9-38(42(24-35)60-36-23-32-12-16-47-43(32)49-28-36)44(54)50-61(57,58)37-8-10-40(41(25-37)53(55)56)48-27-30-13-21-59-22-14-30/h3-10,12,16,23-25,28,30,48H,11,13-15,17-22,26-27,29H2,1-2H3,(H,47,49)(H,50,54)/i1D3,29D2. The van der Waals surface area contributed by atoms with Gasteiger partial charge in [0.1, 0.15) is 22.8 Å². The highest BCUT2D eigenvalue weighted by molar-refractivity contribution is 7.90. The molecule has 61 heavy (non-hydrogen) atoms. The van der Waals surface area contributed by atoms with Crippen LogP contribution in [-0.4, -0.2) is 86.6 Å². The molecule has 2 saturated heterocycles. The summed E-state index contributed by atoms with van der Waals surface area (Å²) in [6.07, 6.45) is 5.50. The van der Waals surface area contributed by atoms with Gasteiger partial charge in [0.15, 0.2) is 0 Å². The van der Waals surface area contributed by atoms with Gasteiger partial charge in [-0.15, -0.1) is 0 Å². The predicted molar refractivity (Wildman–Crippen MR) is 237 cm³/mol. The summed E-state index contributed by atoms with van der Waals surface area (Å²) in [4.78, 5) is 36.1. The summed E-state index contributed by atoms with van der Waals surface area (Å²) in [6.45, 7) is 0.547. The second kappa shape index (κ2) is 17.9. The summed E-state index contributed by atoms with van der Waals surface area (Å²) in [5.74, 6) is -0.531. The van der Waals surface area contributed by atoms with Gasteiger partial charge >= 0.3 is 0 Å². The predicted octanol–water partition coefficient (Wildman–Crippen LogP) is 8.66. The van der Waals surface area contributed by atoms with Crippen molar-refractivity contribution in [3.63, 3.8) is 0 Å². The zero-order valence-corrected chi connectivity index (χ0v) is 35.2. The van der Waals surface area contributed by atoms with E-state index in [9.17, 15) is 26.1 Å². The van der Waals surface area contributed by atoms with Crippen molar-refractivity contribution in [1.82, 2.24) is 19.6 Å². The summed E-state index contributed by atoms with van der Waals surface area (Å²) >= 11 is 6.20. The SMILES string of the molecule is [2H]C([2H])(C1=C(c2ccc(Cl)cc2)CC(C)(C([2H])([2H])[2H])CC1)N1CCN(c2ccc(C(=O)NS(=O)(=O)c3ccc(NCC4CCOCC4)c([N+](=O)[O-])c3)c(Oc3cnc4[nH]ccc4c3)c2)CC1. The van der Waals surface area contributed by atoms with Gasteiger partial charge in [-0.2, -0.15) is 0 Å². The normalized spacial score (nSPS) is 20.9. The van der Waals surface area contributed by atoms with Gasteiger partial charge in [0.25, 0.3) is 21.6 Å². The molecular weight excluding hydrogens is 818 g/mol. The van der Waals surface area contributed by atoms with Crippen LogP contribution in [0.15, 0.2) is 95.7 Å². The first-order valence-corrected chi connectivity index (χ1v) is 22.1. The summed E-state index contributed by atoms with van der Waals surface area (Å²) < 4.78 is 85.0. The number of nitrogens with one attached hydrogen (secondary N) is 3. The molecule has 2 aliphatic heterocycles. The zero-order chi connectivity index (χ0) is 47.0. The number of carbonyl (C=O) groups excluding carboxylic acids is 1. The minimum Gasteiger partial charge on any atom is -0.455 e. The number of hydrogen-bond donors (Lipinski definition) is 3. The van der Waals surface area contributed by atoms with Gasteiger partial charge in [0.2, 0.25) is 0 Å². The number of amides is 1. The molecule has 14 nitrogen and oxygen atoms in total.